The maximum Gasteiger partial charge on any atom is 0.143 e. The summed E-state index contributed by atoms with van der Waals surface area (Å²) in [5.74, 6) is 0.863. The molecule has 0 aromatic heterocycles. The first-order valence-electron chi connectivity index (χ1n) is 6.80. The highest BCUT2D eigenvalue weighted by Gasteiger charge is 2.07. The smallest absolute Gasteiger partial charge is 0.143 e. The summed E-state index contributed by atoms with van der Waals surface area (Å²) in [5.41, 5.74) is 4.86. The Morgan fingerprint density at radius 2 is 1.75 bits per heavy atom. The Morgan fingerprint density at radius 3 is 2.35 bits per heavy atom. The molecule has 0 saturated heterocycles. The van der Waals surface area contributed by atoms with Gasteiger partial charge in [0.1, 0.15) is 5.75 Å². The third kappa shape index (κ3) is 3.54. The van der Waals surface area contributed by atoms with Gasteiger partial charge in [-0.3, -0.25) is 0 Å². The molecule has 0 unspecified atom stereocenters. The third-order valence-corrected chi connectivity index (χ3v) is 3.84. The molecule has 0 heterocycles. The number of benzene rings is 2. The van der Waals surface area contributed by atoms with Crippen LogP contribution >= 0.6 is 15.9 Å². The largest absolute Gasteiger partial charge is 0.495 e. The maximum absolute atomic E-state index is 5.44. The van der Waals surface area contributed by atoms with Crippen LogP contribution in [0.3, 0.4) is 0 Å². The van der Waals surface area contributed by atoms with E-state index in [1.165, 1.54) is 16.7 Å². The molecule has 0 radical (unpaired) electrons. The lowest BCUT2D eigenvalue weighted by Gasteiger charge is -2.15. The number of rotatable bonds is 5. The highest BCUT2D eigenvalue weighted by atomic mass is 79.9. The Morgan fingerprint density at radius 1 is 1.10 bits per heavy atom. The van der Waals surface area contributed by atoms with Crippen LogP contribution in [0.1, 0.15) is 23.6 Å². The fraction of sp³-hybridized carbons (Fsp3) is 0.294. The van der Waals surface area contributed by atoms with Gasteiger partial charge in [0.05, 0.1) is 12.8 Å². The zero-order chi connectivity index (χ0) is 14.5. The number of methoxy groups -OCH3 is 1. The lowest BCUT2D eigenvalue weighted by Crippen LogP contribution is -2.03. The summed E-state index contributed by atoms with van der Waals surface area (Å²) in [4.78, 5) is 0. The standard InChI is InChI=1S/C17H20BrNO/c1-4-13-5-7-14(8-6-13)11-19-17-12(2)9-15(18)10-16(17)20-3/h5-10,19H,4,11H2,1-3H3. The summed E-state index contributed by atoms with van der Waals surface area (Å²) in [7, 11) is 1.70. The van der Waals surface area contributed by atoms with E-state index in [0.717, 1.165) is 28.9 Å². The van der Waals surface area contributed by atoms with Gasteiger partial charge in [0, 0.05) is 11.0 Å². The van der Waals surface area contributed by atoms with E-state index in [0.29, 0.717) is 0 Å². The Labute approximate surface area is 129 Å². The van der Waals surface area contributed by atoms with Crippen LogP contribution in [0.25, 0.3) is 0 Å². The van der Waals surface area contributed by atoms with Gasteiger partial charge in [-0.15, -0.1) is 0 Å². The van der Waals surface area contributed by atoms with Gasteiger partial charge in [0.25, 0.3) is 0 Å². The topological polar surface area (TPSA) is 21.3 Å². The molecule has 1 N–H and O–H groups in total. The molecule has 3 heteroatoms. The van der Waals surface area contributed by atoms with Gasteiger partial charge >= 0.3 is 0 Å². The first-order chi connectivity index (χ1) is 9.63. The van der Waals surface area contributed by atoms with Crippen LogP contribution in [0, 0.1) is 6.92 Å². The number of hydrogen-bond donors (Lipinski definition) is 1. The van der Waals surface area contributed by atoms with Crippen LogP contribution in [-0.4, -0.2) is 7.11 Å². The molecule has 0 fully saturated rings. The van der Waals surface area contributed by atoms with Gasteiger partial charge in [-0.25, -0.2) is 0 Å². The van der Waals surface area contributed by atoms with Crippen molar-refractivity contribution in [3.8, 4) is 5.75 Å². The lowest BCUT2D eigenvalue weighted by atomic mass is 10.1. The minimum Gasteiger partial charge on any atom is -0.495 e. The highest BCUT2D eigenvalue weighted by molar-refractivity contribution is 9.10. The number of anilines is 1. The molecule has 0 bridgehead atoms. The van der Waals surface area contributed by atoms with E-state index in [-0.39, 0.29) is 0 Å². The van der Waals surface area contributed by atoms with Gasteiger partial charge in [0.15, 0.2) is 0 Å². The van der Waals surface area contributed by atoms with Gasteiger partial charge in [-0.2, -0.15) is 0 Å². The van der Waals surface area contributed by atoms with Gasteiger partial charge in [-0.05, 0) is 42.2 Å². The van der Waals surface area contributed by atoms with Crippen molar-refractivity contribution in [3.63, 3.8) is 0 Å². The second kappa shape index (κ2) is 6.80. The van der Waals surface area contributed by atoms with E-state index in [4.69, 9.17) is 4.74 Å². The average molecular weight is 334 g/mol. The fourth-order valence-corrected chi connectivity index (χ4v) is 2.73. The van der Waals surface area contributed by atoms with E-state index < -0.39 is 0 Å². The summed E-state index contributed by atoms with van der Waals surface area (Å²) >= 11 is 3.49. The van der Waals surface area contributed by atoms with Crippen LogP contribution in [0.4, 0.5) is 5.69 Å². The zero-order valence-corrected chi connectivity index (χ0v) is 13.8. The Balaban J connectivity index is 2.13. The van der Waals surface area contributed by atoms with Crippen molar-refractivity contribution in [2.24, 2.45) is 0 Å². The van der Waals surface area contributed by atoms with Crippen molar-refractivity contribution in [1.29, 1.82) is 0 Å². The highest BCUT2D eigenvalue weighted by Crippen LogP contribution is 2.32. The van der Waals surface area contributed by atoms with Crippen molar-refractivity contribution in [3.05, 3.63) is 57.6 Å². The molecule has 0 spiro atoms. The van der Waals surface area contributed by atoms with Gasteiger partial charge in [0.2, 0.25) is 0 Å². The number of nitrogens with one attached hydrogen (secondary N) is 1. The maximum atomic E-state index is 5.44. The molecule has 2 rings (SSSR count). The minimum atomic E-state index is 0.794. The van der Waals surface area contributed by atoms with Crippen LogP contribution in [-0.2, 0) is 13.0 Å². The molecule has 2 aromatic rings. The Bertz CT molecular complexity index is 578. The molecule has 0 amide bonds. The predicted octanol–water partition coefficient (Wildman–Crippen LogP) is 4.94. The quantitative estimate of drug-likeness (QED) is 0.836. The summed E-state index contributed by atoms with van der Waals surface area (Å²) in [5, 5.41) is 3.47. The van der Waals surface area contributed by atoms with E-state index in [1.54, 1.807) is 7.11 Å². The van der Waals surface area contributed by atoms with Crippen molar-refractivity contribution >= 4 is 21.6 Å². The zero-order valence-electron chi connectivity index (χ0n) is 12.2. The molecule has 0 aliphatic heterocycles. The molecule has 0 saturated carbocycles. The van der Waals surface area contributed by atoms with Crippen LogP contribution in [0.5, 0.6) is 5.75 Å². The summed E-state index contributed by atoms with van der Waals surface area (Å²) in [6.07, 6.45) is 1.08. The summed E-state index contributed by atoms with van der Waals surface area (Å²) in [6.45, 7) is 5.04. The molecule has 0 atom stereocenters. The average Bonchev–Trinajstić information content (AvgIpc) is 2.46. The molecule has 106 valence electrons. The number of aryl methyl sites for hydroxylation is 2. The number of halogens is 1. The lowest BCUT2D eigenvalue weighted by molar-refractivity contribution is 0.416. The summed E-state index contributed by atoms with van der Waals surface area (Å²) < 4.78 is 6.47. The molecule has 0 aliphatic carbocycles. The van der Waals surface area contributed by atoms with Gasteiger partial charge < -0.3 is 10.1 Å². The van der Waals surface area contributed by atoms with Crippen molar-refractivity contribution in [1.82, 2.24) is 0 Å². The van der Waals surface area contributed by atoms with Gasteiger partial charge in [-0.1, -0.05) is 47.1 Å². The second-order valence-corrected chi connectivity index (χ2v) is 5.74. The van der Waals surface area contributed by atoms with E-state index in [9.17, 15) is 0 Å². The normalized spacial score (nSPS) is 10.4. The van der Waals surface area contributed by atoms with Crippen molar-refractivity contribution < 1.29 is 4.74 Å². The number of hydrogen-bond acceptors (Lipinski definition) is 2. The van der Waals surface area contributed by atoms with Crippen LogP contribution in [0.15, 0.2) is 40.9 Å². The van der Waals surface area contributed by atoms with Crippen LogP contribution < -0.4 is 10.1 Å². The van der Waals surface area contributed by atoms with Crippen molar-refractivity contribution in [2.45, 2.75) is 26.8 Å². The second-order valence-electron chi connectivity index (χ2n) is 4.82. The minimum absolute atomic E-state index is 0.794. The molecule has 2 nitrogen and oxygen atoms in total. The number of ether oxygens (including phenoxy) is 1. The summed E-state index contributed by atoms with van der Waals surface area (Å²) in [6, 6.07) is 12.8. The molecule has 0 aliphatic rings. The SMILES string of the molecule is CCc1ccc(CNc2c(C)cc(Br)cc2OC)cc1. The molecule has 20 heavy (non-hydrogen) atoms. The fourth-order valence-electron chi connectivity index (χ4n) is 2.18. The molecular formula is C17H20BrNO. The Kier molecular flexibility index (Phi) is 5.07. The van der Waals surface area contributed by atoms with Crippen LogP contribution in [0.2, 0.25) is 0 Å². The Hall–Kier alpha value is -1.48. The first kappa shape index (κ1) is 14.9. The van der Waals surface area contributed by atoms with E-state index in [1.807, 2.05) is 6.07 Å². The monoisotopic (exact) mass is 333 g/mol. The van der Waals surface area contributed by atoms with E-state index >= 15 is 0 Å². The molecular weight excluding hydrogens is 314 g/mol. The van der Waals surface area contributed by atoms with Crippen molar-refractivity contribution in [2.75, 3.05) is 12.4 Å². The molecule has 2 aromatic carbocycles. The third-order valence-electron chi connectivity index (χ3n) is 3.38. The predicted molar refractivity (Wildman–Crippen MR) is 88.6 cm³/mol. The first-order valence-corrected chi connectivity index (χ1v) is 7.59. The van der Waals surface area contributed by atoms with E-state index in [2.05, 4.69) is 65.4 Å².